The lowest BCUT2D eigenvalue weighted by atomic mass is 10.1. The highest BCUT2D eigenvalue weighted by molar-refractivity contribution is 6.38. The quantitative estimate of drug-likeness (QED) is 0.504. The predicted molar refractivity (Wildman–Crippen MR) is 104 cm³/mol. The summed E-state index contributed by atoms with van der Waals surface area (Å²) >= 11 is 6.65. The van der Waals surface area contributed by atoms with Crippen LogP contribution in [0.1, 0.15) is 29.2 Å². The first-order valence-electron chi connectivity index (χ1n) is 8.61. The Morgan fingerprint density at radius 3 is 2.93 bits per heavy atom. The molecule has 5 rings (SSSR count). The molecule has 3 aromatic heterocycles. The molecule has 1 amide bonds. The largest absolute Gasteiger partial charge is 0.383 e. The number of carbonyl (C=O) groups excluding carboxylic acids is 1. The molecule has 4 aromatic rings. The maximum Gasteiger partial charge on any atom is 0.251 e. The molecule has 0 aliphatic heterocycles. The number of nitrogens with one attached hydrogen (secondary N) is 2. The van der Waals surface area contributed by atoms with Crippen LogP contribution in [0.4, 0.5) is 5.82 Å². The minimum atomic E-state index is -0.162. The van der Waals surface area contributed by atoms with Gasteiger partial charge in [0, 0.05) is 23.5 Å². The Morgan fingerprint density at radius 1 is 1.37 bits per heavy atom. The Balaban J connectivity index is 1.76. The zero-order valence-electron chi connectivity index (χ0n) is 14.5. The average molecular weight is 382 g/mol. The minimum Gasteiger partial charge on any atom is -0.383 e. The van der Waals surface area contributed by atoms with Crippen molar-refractivity contribution >= 4 is 45.3 Å². The van der Waals surface area contributed by atoms with E-state index in [-0.39, 0.29) is 5.91 Å². The topological polar surface area (TPSA) is 115 Å². The van der Waals surface area contributed by atoms with E-state index in [0.29, 0.717) is 44.9 Å². The van der Waals surface area contributed by atoms with Gasteiger partial charge in [0.2, 0.25) is 0 Å². The van der Waals surface area contributed by atoms with Crippen LogP contribution in [0.3, 0.4) is 0 Å². The molecule has 136 valence electrons. The highest BCUT2D eigenvalue weighted by atomic mass is 35.5. The van der Waals surface area contributed by atoms with Crippen molar-refractivity contribution in [3.05, 3.63) is 35.1 Å². The fourth-order valence-electron chi connectivity index (χ4n) is 3.36. The monoisotopic (exact) mass is 381 g/mol. The molecule has 4 N–H and O–H groups in total. The van der Waals surface area contributed by atoms with Crippen LogP contribution in [0.15, 0.2) is 24.5 Å². The van der Waals surface area contributed by atoms with E-state index in [9.17, 15) is 4.79 Å². The summed E-state index contributed by atoms with van der Waals surface area (Å²) in [5, 5.41) is 9.39. The van der Waals surface area contributed by atoms with Crippen LogP contribution in [0, 0.1) is 0 Å². The summed E-state index contributed by atoms with van der Waals surface area (Å²) in [6.45, 7) is 0. The van der Waals surface area contributed by atoms with Gasteiger partial charge in [0.05, 0.1) is 22.1 Å². The smallest absolute Gasteiger partial charge is 0.251 e. The van der Waals surface area contributed by atoms with Gasteiger partial charge in [0.25, 0.3) is 5.91 Å². The molecule has 3 heterocycles. The second-order valence-corrected chi connectivity index (χ2v) is 7.01. The summed E-state index contributed by atoms with van der Waals surface area (Å²) in [5.41, 5.74) is 9.41. The molecule has 1 saturated carbocycles. The van der Waals surface area contributed by atoms with Gasteiger partial charge >= 0.3 is 0 Å². The Bertz CT molecular complexity index is 1220. The summed E-state index contributed by atoms with van der Waals surface area (Å²) in [6.07, 6.45) is 3.58. The van der Waals surface area contributed by atoms with Crippen LogP contribution >= 0.6 is 11.6 Å². The first kappa shape index (κ1) is 16.1. The van der Waals surface area contributed by atoms with Gasteiger partial charge in [-0.3, -0.25) is 4.79 Å². The molecule has 1 fully saturated rings. The molecule has 1 aromatic carbocycles. The van der Waals surface area contributed by atoms with Crippen LogP contribution in [0.2, 0.25) is 5.02 Å². The lowest BCUT2D eigenvalue weighted by Crippen LogP contribution is -2.17. The molecule has 0 bridgehead atoms. The first-order valence-corrected chi connectivity index (χ1v) is 8.98. The van der Waals surface area contributed by atoms with Gasteiger partial charge in [0.1, 0.15) is 17.8 Å². The molecule has 27 heavy (non-hydrogen) atoms. The van der Waals surface area contributed by atoms with Crippen LogP contribution in [-0.4, -0.2) is 37.7 Å². The molecule has 0 radical (unpaired) electrons. The molecule has 0 saturated heterocycles. The Hall–Kier alpha value is -3.13. The number of hydrogen-bond donors (Lipinski definition) is 3. The van der Waals surface area contributed by atoms with Gasteiger partial charge < -0.3 is 16.0 Å². The van der Waals surface area contributed by atoms with Gasteiger partial charge in [-0.2, -0.15) is 5.10 Å². The SMILES string of the molecule is CNC(=O)c1ccc2c(Cl)c(-c3nn(C4CC4)c4ncnc(N)c34)[nH]c2c1. The highest BCUT2D eigenvalue weighted by Gasteiger charge is 2.30. The standard InChI is InChI=1S/C18H16ClN7O/c1-21-18(27)8-2-5-10-11(6-8)24-15(13(10)19)14-12-16(20)22-7-23-17(12)26(25-14)9-3-4-9/h2,5-7,9,24H,3-4H2,1H3,(H,21,27)(H2,20,22,23). The number of aromatic nitrogens is 5. The zero-order valence-corrected chi connectivity index (χ0v) is 15.2. The number of halogens is 1. The number of amides is 1. The number of nitrogens with zero attached hydrogens (tertiary/aromatic N) is 4. The molecule has 1 aliphatic rings. The number of rotatable bonds is 3. The van der Waals surface area contributed by atoms with E-state index in [1.54, 1.807) is 19.2 Å². The highest BCUT2D eigenvalue weighted by Crippen LogP contribution is 2.42. The van der Waals surface area contributed by atoms with Gasteiger partial charge in [-0.1, -0.05) is 17.7 Å². The summed E-state index contributed by atoms with van der Waals surface area (Å²) in [7, 11) is 1.60. The van der Waals surface area contributed by atoms with Crippen molar-refractivity contribution < 1.29 is 4.79 Å². The van der Waals surface area contributed by atoms with E-state index < -0.39 is 0 Å². The van der Waals surface area contributed by atoms with E-state index in [1.807, 2.05) is 10.7 Å². The molecule has 0 atom stereocenters. The van der Waals surface area contributed by atoms with Gasteiger partial charge in [-0.05, 0) is 25.0 Å². The van der Waals surface area contributed by atoms with Crippen LogP contribution in [-0.2, 0) is 0 Å². The maximum atomic E-state index is 11.9. The van der Waals surface area contributed by atoms with Crippen LogP contribution in [0.25, 0.3) is 33.3 Å². The maximum absolute atomic E-state index is 11.9. The minimum absolute atomic E-state index is 0.162. The normalized spacial score (nSPS) is 14.1. The number of nitrogen functional groups attached to an aromatic ring is 1. The fraction of sp³-hybridized carbons (Fsp3) is 0.222. The number of anilines is 1. The van der Waals surface area contributed by atoms with Gasteiger partial charge in [-0.15, -0.1) is 0 Å². The fourth-order valence-corrected chi connectivity index (χ4v) is 3.66. The molecule has 0 unspecified atom stereocenters. The molecule has 1 aliphatic carbocycles. The van der Waals surface area contributed by atoms with Crippen molar-refractivity contribution in [1.82, 2.24) is 30.0 Å². The number of hydrogen-bond acceptors (Lipinski definition) is 5. The third kappa shape index (κ3) is 2.37. The van der Waals surface area contributed by atoms with E-state index >= 15 is 0 Å². The molecule has 8 nitrogen and oxygen atoms in total. The summed E-state index contributed by atoms with van der Waals surface area (Å²) in [6, 6.07) is 5.66. The second-order valence-electron chi connectivity index (χ2n) is 6.64. The Morgan fingerprint density at radius 2 is 2.19 bits per heavy atom. The second kappa shape index (κ2) is 5.68. The Kier molecular flexibility index (Phi) is 3.38. The van der Waals surface area contributed by atoms with E-state index in [1.165, 1.54) is 6.33 Å². The van der Waals surface area contributed by atoms with E-state index in [4.69, 9.17) is 22.4 Å². The van der Waals surface area contributed by atoms with Gasteiger partial charge in [-0.25, -0.2) is 14.6 Å². The number of benzene rings is 1. The third-order valence-corrected chi connectivity index (χ3v) is 5.26. The van der Waals surface area contributed by atoms with Crippen molar-refractivity contribution in [1.29, 1.82) is 0 Å². The first-order chi connectivity index (χ1) is 13.1. The molecule has 9 heteroatoms. The molecular formula is C18H16ClN7O. The van der Waals surface area contributed by atoms with Crippen molar-refractivity contribution in [2.45, 2.75) is 18.9 Å². The number of carbonyl (C=O) groups is 1. The number of nitrogens with two attached hydrogens (primary N) is 1. The Labute approximate surface area is 158 Å². The lowest BCUT2D eigenvalue weighted by molar-refractivity contribution is 0.0963. The van der Waals surface area contributed by atoms with Crippen molar-refractivity contribution in [3.8, 4) is 11.4 Å². The number of aromatic amines is 1. The average Bonchev–Trinajstić information content (AvgIpc) is 3.37. The van der Waals surface area contributed by atoms with Gasteiger partial charge in [0.15, 0.2) is 5.65 Å². The van der Waals surface area contributed by atoms with Crippen molar-refractivity contribution in [2.24, 2.45) is 0 Å². The van der Waals surface area contributed by atoms with Crippen LogP contribution in [0.5, 0.6) is 0 Å². The molecule has 0 spiro atoms. The van der Waals surface area contributed by atoms with Crippen molar-refractivity contribution in [3.63, 3.8) is 0 Å². The third-order valence-electron chi connectivity index (χ3n) is 4.87. The lowest BCUT2D eigenvalue weighted by Gasteiger charge is -1.99. The van der Waals surface area contributed by atoms with E-state index in [2.05, 4.69) is 20.3 Å². The molecular weight excluding hydrogens is 366 g/mol. The summed E-state index contributed by atoms with van der Waals surface area (Å²) in [4.78, 5) is 23.7. The number of H-pyrrole nitrogens is 1. The summed E-state index contributed by atoms with van der Waals surface area (Å²) < 4.78 is 1.90. The van der Waals surface area contributed by atoms with Crippen molar-refractivity contribution in [2.75, 3.05) is 12.8 Å². The predicted octanol–water partition coefficient (Wildman–Crippen LogP) is 2.90. The van der Waals surface area contributed by atoms with Crippen LogP contribution < -0.4 is 11.1 Å². The summed E-state index contributed by atoms with van der Waals surface area (Å²) in [5.74, 6) is 0.202. The number of fused-ring (bicyclic) bond motifs is 2. The zero-order chi connectivity index (χ0) is 18.7. The van der Waals surface area contributed by atoms with E-state index in [0.717, 1.165) is 23.7 Å².